The van der Waals surface area contributed by atoms with Gasteiger partial charge in [-0.05, 0) is 70.8 Å². The summed E-state index contributed by atoms with van der Waals surface area (Å²) < 4.78 is 4.95. The van der Waals surface area contributed by atoms with Crippen molar-refractivity contribution in [3.63, 3.8) is 0 Å². The first-order valence-corrected chi connectivity index (χ1v) is 16.7. The number of hydrogen-bond acceptors (Lipinski definition) is 1. The summed E-state index contributed by atoms with van der Waals surface area (Å²) in [6.45, 7) is 0. The first-order valence-electron chi connectivity index (χ1n) is 15.9. The highest BCUT2D eigenvalue weighted by atomic mass is 32.2. The smallest absolute Gasteiger partial charge is 0.0764 e. The first kappa shape index (κ1) is 24.8. The van der Waals surface area contributed by atoms with E-state index in [9.17, 15) is 0 Å². The quantitative estimate of drug-likeness (QED) is 0.182. The molecule has 4 heterocycles. The van der Waals surface area contributed by atoms with Gasteiger partial charge >= 0.3 is 0 Å². The maximum Gasteiger partial charge on any atom is 0.0764 e. The summed E-state index contributed by atoms with van der Waals surface area (Å²) in [5, 5.41) is 5.17. The van der Waals surface area contributed by atoms with Crippen LogP contribution in [0.3, 0.4) is 0 Å². The lowest BCUT2D eigenvalue weighted by molar-refractivity contribution is 0.691. The molecule has 0 amide bonds. The second-order valence-corrected chi connectivity index (χ2v) is 13.6. The lowest BCUT2D eigenvalue weighted by Gasteiger charge is -2.45. The lowest BCUT2D eigenvalue weighted by atomic mass is 9.62. The first-order chi connectivity index (χ1) is 22.8. The third kappa shape index (κ3) is 2.90. The van der Waals surface area contributed by atoms with Crippen LogP contribution < -0.4 is 0 Å². The normalized spacial score (nSPS) is 16.3. The highest BCUT2D eigenvalue weighted by molar-refractivity contribution is 7.99. The van der Waals surface area contributed by atoms with E-state index in [1.54, 1.807) is 0 Å². The maximum atomic E-state index is 2.53. The zero-order chi connectivity index (χ0) is 30.0. The molecular weight excluding hydrogens is 577 g/mol. The molecule has 0 aliphatic carbocycles. The van der Waals surface area contributed by atoms with Crippen LogP contribution in [0.2, 0.25) is 0 Å². The fourth-order valence-electron chi connectivity index (χ4n) is 8.64. The molecule has 11 rings (SSSR count). The number of benzene rings is 7. The van der Waals surface area contributed by atoms with E-state index in [-0.39, 0.29) is 0 Å². The molecule has 214 valence electrons. The van der Waals surface area contributed by atoms with E-state index >= 15 is 0 Å². The van der Waals surface area contributed by atoms with Gasteiger partial charge in [0, 0.05) is 37.0 Å². The molecule has 1 unspecified atom stereocenters. The van der Waals surface area contributed by atoms with Crippen molar-refractivity contribution in [2.75, 3.05) is 0 Å². The third-order valence-electron chi connectivity index (χ3n) is 10.4. The standard InChI is InChI=1S/C43H26N2S/c1-2-13-27(14-3-1)44-36-21-8-5-16-29(36)31-25-35-41(26-39(31)44)46-40-24-11-7-19-33(40)43(35)32-18-6-10-23-38(32)45-37-22-9-4-15-28(37)30-17-12-20-34(43)42(30)45/h1-26H. The van der Waals surface area contributed by atoms with Crippen molar-refractivity contribution in [2.24, 2.45) is 0 Å². The topological polar surface area (TPSA) is 9.86 Å². The summed E-state index contributed by atoms with van der Waals surface area (Å²) >= 11 is 1.91. The number of nitrogens with zero attached hydrogens (tertiary/aromatic N) is 2. The Kier molecular flexibility index (Phi) is 4.74. The van der Waals surface area contributed by atoms with Gasteiger partial charge in [0.05, 0.1) is 33.2 Å². The zero-order valence-corrected chi connectivity index (χ0v) is 25.6. The number of rotatable bonds is 1. The van der Waals surface area contributed by atoms with Crippen LogP contribution in [0.15, 0.2) is 168 Å². The Balaban J connectivity index is 1.37. The van der Waals surface area contributed by atoms with Crippen LogP contribution in [-0.4, -0.2) is 9.13 Å². The highest BCUT2D eigenvalue weighted by Crippen LogP contribution is 2.61. The van der Waals surface area contributed by atoms with Gasteiger partial charge in [-0.1, -0.05) is 121 Å². The zero-order valence-electron chi connectivity index (χ0n) is 24.8. The second-order valence-electron chi connectivity index (χ2n) is 12.5. The molecule has 0 radical (unpaired) electrons. The van der Waals surface area contributed by atoms with Gasteiger partial charge in [-0.2, -0.15) is 0 Å². The maximum absolute atomic E-state index is 2.53. The minimum absolute atomic E-state index is 0.484. The van der Waals surface area contributed by atoms with Crippen molar-refractivity contribution in [2.45, 2.75) is 15.2 Å². The second kappa shape index (κ2) is 8.81. The minimum atomic E-state index is -0.484. The lowest BCUT2D eigenvalue weighted by Crippen LogP contribution is -2.37. The van der Waals surface area contributed by atoms with E-state index in [0.717, 1.165) is 0 Å². The number of hydrogen-bond donors (Lipinski definition) is 0. The van der Waals surface area contributed by atoms with Crippen LogP contribution >= 0.6 is 11.8 Å². The highest BCUT2D eigenvalue weighted by Gasteiger charge is 2.49. The molecule has 1 atom stereocenters. The molecule has 7 aromatic carbocycles. The molecule has 9 aromatic rings. The number of aromatic nitrogens is 2. The molecule has 2 nitrogen and oxygen atoms in total. The number of fused-ring (bicyclic) bond motifs is 14. The summed E-state index contributed by atoms with van der Waals surface area (Å²) in [5.74, 6) is 0. The van der Waals surface area contributed by atoms with Gasteiger partial charge < -0.3 is 9.13 Å². The molecule has 0 saturated carbocycles. The van der Waals surface area contributed by atoms with E-state index < -0.39 is 5.41 Å². The summed E-state index contributed by atoms with van der Waals surface area (Å²) in [6, 6.07) is 58.7. The van der Waals surface area contributed by atoms with Crippen LogP contribution in [0, 0.1) is 0 Å². The predicted molar refractivity (Wildman–Crippen MR) is 191 cm³/mol. The van der Waals surface area contributed by atoms with E-state index in [1.807, 2.05) is 11.8 Å². The molecule has 0 bridgehead atoms. The Bertz CT molecular complexity index is 2730. The van der Waals surface area contributed by atoms with Crippen molar-refractivity contribution in [3.05, 3.63) is 180 Å². The summed E-state index contributed by atoms with van der Waals surface area (Å²) in [7, 11) is 0. The average Bonchev–Trinajstić information content (AvgIpc) is 3.63. The average molecular weight is 603 g/mol. The van der Waals surface area contributed by atoms with Gasteiger partial charge in [0.2, 0.25) is 0 Å². The molecule has 0 saturated heterocycles. The molecule has 0 fully saturated rings. The van der Waals surface area contributed by atoms with Crippen molar-refractivity contribution < 1.29 is 0 Å². The van der Waals surface area contributed by atoms with Gasteiger partial charge in [-0.25, -0.2) is 0 Å². The molecule has 2 aromatic heterocycles. The largest absolute Gasteiger partial charge is 0.309 e. The van der Waals surface area contributed by atoms with Crippen LogP contribution in [0.4, 0.5) is 0 Å². The Labute approximate surface area is 270 Å². The van der Waals surface area contributed by atoms with E-state index in [0.29, 0.717) is 0 Å². The van der Waals surface area contributed by atoms with Gasteiger partial charge in [0.25, 0.3) is 0 Å². The SMILES string of the molecule is c1ccc(-n2c3ccccc3c3cc4c(cc32)Sc2ccccc2C42c3ccccc3-n3c4ccccc4c4cccc2c43)cc1. The molecular formula is C43H26N2S. The Morgan fingerprint density at radius 1 is 0.391 bits per heavy atom. The molecule has 0 N–H and O–H groups in total. The van der Waals surface area contributed by atoms with Crippen LogP contribution in [0.5, 0.6) is 0 Å². The van der Waals surface area contributed by atoms with Crippen molar-refractivity contribution in [1.82, 2.24) is 9.13 Å². The van der Waals surface area contributed by atoms with E-state index in [1.165, 1.54) is 87.0 Å². The molecule has 2 aliphatic rings. The minimum Gasteiger partial charge on any atom is -0.309 e. The molecule has 1 spiro atoms. The summed E-state index contributed by atoms with van der Waals surface area (Å²) in [5.41, 5.74) is 12.4. The Morgan fingerprint density at radius 3 is 1.87 bits per heavy atom. The fraction of sp³-hybridized carbons (Fsp3) is 0.0233. The molecule has 3 heteroatoms. The van der Waals surface area contributed by atoms with Crippen molar-refractivity contribution in [1.29, 1.82) is 0 Å². The third-order valence-corrected chi connectivity index (χ3v) is 11.5. The summed E-state index contributed by atoms with van der Waals surface area (Å²) in [4.78, 5) is 2.62. The van der Waals surface area contributed by atoms with Gasteiger partial charge in [-0.15, -0.1) is 0 Å². The monoisotopic (exact) mass is 602 g/mol. The molecule has 2 aliphatic heterocycles. The van der Waals surface area contributed by atoms with Crippen LogP contribution in [-0.2, 0) is 5.41 Å². The van der Waals surface area contributed by atoms with Crippen LogP contribution in [0.1, 0.15) is 22.3 Å². The van der Waals surface area contributed by atoms with Crippen molar-refractivity contribution >= 4 is 55.4 Å². The Hall–Kier alpha value is -5.51. The van der Waals surface area contributed by atoms with Crippen molar-refractivity contribution in [3.8, 4) is 11.4 Å². The van der Waals surface area contributed by atoms with E-state index in [2.05, 4.69) is 167 Å². The number of para-hydroxylation sites is 5. The van der Waals surface area contributed by atoms with E-state index in [4.69, 9.17) is 0 Å². The van der Waals surface area contributed by atoms with Gasteiger partial charge in [0.15, 0.2) is 0 Å². The van der Waals surface area contributed by atoms with Crippen LogP contribution in [0.25, 0.3) is 55.0 Å². The van der Waals surface area contributed by atoms with Gasteiger partial charge in [-0.3, -0.25) is 0 Å². The molecule has 46 heavy (non-hydrogen) atoms. The van der Waals surface area contributed by atoms with Gasteiger partial charge in [0.1, 0.15) is 0 Å². The fourth-order valence-corrected chi connectivity index (χ4v) is 9.85. The Morgan fingerprint density at radius 2 is 1.02 bits per heavy atom. The summed E-state index contributed by atoms with van der Waals surface area (Å²) in [6.07, 6.45) is 0. The predicted octanol–water partition coefficient (Wildman–Crippen LogP) is 11.0.